The number of nitrogens with zero attached hydrogens (tertiary/aromatic N) is 1. The lowest BCUT2D eigenvalue weighted by Crippen LogP contribution is -3.30. The minimum Gasteiger partial charge on any atom is -0.378 e. The van der Waals surface area contributed by atoms with Gasteiger partial charge in [-0.1, -0.05) is 6.92 Å². The number of nitrogens with one attached hydrogen (secondary N) is 4. The minimum atomic E-state index is -0.112. The van der Waals surface area contributed by atoms with Crippen LogP contribution in [-0.4, -0.2) is 83.4 Å². The average molecular weight is 420 g/mol. The molecule has 8 nitrogen and oxygen atoms in total. The maximum Gasteiger partial charge on any atom is 0.282 e. The third kappa shape index (κ3) is 6.42. The highest BCUT2D eigenvalue weighted by atomic mass is 16.5. The number of benzene rings is 1. The molecule has 30 heavy (non-hydrogen) atoms. The van der Waals surface area contributed by atoms with E-state index in [1.165, 1.54) is 9.80 Å². The van der Waals surface area contributed by atoms with E-state index < -0.39 is 0 Å². The van der Waals surface area contributed by atoms with Gasteiger partial charge in [-0.3, -0.25) is 9.59 Å². The zero-order valence-electron chi connectivity index (χ0n) is 18.3. The Morgan fingerprint density at radius 3 is 2.40 bits per heavy atom. The molecule has 1 atom stereocenters. The molecule has 0 aromatic heterocycles. The summed E-state index contributed by atoms with van der Waals surface area (Å²) in [6.45, 7) is 12.3. The summed E-state index contributed by atoms with van der Waals surface area (Å²) < 4.78 is 5.40. The largest absolute Gasteiger partial charge is 0.378 e. The van der Waals surface area contributed by atoms with Crippen molar-refractivity contribution in [1.82, 2.24) is 5.32 Å². The second-order valence-electron chi connectivity index (χ2n) is 8.29. The van der Waals surface area contributed by atoms with Gasteiger partial charge in [-0.25, -0.2) is 0 Å². The van der Waals surface area contributed by atoms with Crippen LogP contribution in [0.15, 0.2) is 24.3 Å². The summed E-state index contributed by atoms with van der Waals surface area (Å²) in [7, 11) is 0. The summed E-state index contributed by atoms with van der Waals surface area (Å²) in [5.74, 6) is 0.176. The van der Waals surface area contributed by atoms with Gasteiger partial charge in [0.2, 0.25) is 0 Å². The number of piperazine rings is 1. The van der Waals surface area contributed by atoms with Gasteiger partial charge in [0, 0.05) is 31.0 Å². The number of hydrogen-bond donors (Lipinski definition) is 4. The molecule has 0 unspecified atom stereocenters. The Bertz CT molecular complexity index is 683. The van der Waals surface area contributed by atoms with Crippen molar-refractivity contribution in [1.29, 1.82) is 0 Å². The van der Waals surface area contributed by atoms with Gasteiger partial charge in [-0.2, -0.15) is 0 Å². The number of rotatable bonds is 8. The van der Waals surface area contributed by atoms with Crippen LogP contribution in [0.2, 0.25) is 0 Å². The lowest BCUT2D eigenvalue weighted by Gasteiger charge is -2.32. The van der Waals surface area contributed by atoms with Crippen LogP contribution in [0.3, 0.4) is 0 Å². The molecule has 8 heteroatoms. The number of carbonyl (C=O) groups excluding carboxylic acids is 2. The summed E-state index contributed by atoms with van der Waals surface area (Å²) in [6, 6.07) is 7.96. The van der Waals surface area contributed by atoms with Crippen LogP contribution in [0, 0.1) is 0 Å². The first-order valence-corrected chi connectivity index (χ1v) is 11.2. The Balaban J connectivity index is 1.43. The molecule has 0 saturated carbocycles. The molecule has 0 spiro atoms. The van der Waals surface area contributed by atoms with E-state index in [1.54, 1.807) is 0 Å². The Morgan fingerprint density at radius 1 is 1.10 bits per heavy atom. The zero-order valence-corrected chi connectivity index (χ0v) is 18.3. The van der Waals surface area contributed by atoms with Crippen molar-refractivity contribution in [3.8, 4) is 0 Å². The van der Waals surface area contributed by atoms with E-state index in [-0.39, 0.29) is 17.9 Å². The molecule has 2 fully saturated rings. The van der Waals surface area contributed by atoms with Crippen molar-refractivity contribution in [2.75, 3.05) is 75.8 Å². The molecule has 2 saturated heterocycles. The maximum absolute atomic E-state index is 12.7. The van der Waals surface area contributed by atoms with Crippen molar-refractivity contribution in [3.63, 3.8) is 0 Å². The van der Waals surface area contributed by atoms with Crippen LogP contribution in [0.25, 0.3) is 0 Å². The van der Waals surface area contributed by atoms with Crippen LogP contribution < -0.4 is 25.3 Å². The Morgan fingerprint density at radius 2 is 1.77 bits per heavy atom. The number of hydrogen-bond acceptors (Lipinski definition) is 4. The molecule has 3 rings (SSSR count). The monoisotopic (exact) mass is 419 g/mol. The van der Waals surface area contributed by atoms with E-state index in [9.17, 15) is 9.59 Å². The third-order valence-corrected chi connectivity index (χ3v) is 6.10. The molecule has 2 amide bonds. The fourth-order valence-electron chi connectivity index (χ4n) is 4.10. The molecule has 2 heterocycles. The molecule has 0 bridgehead atoms. The molecule has 166 valence electrons. The van der Waals surface area contributed by atoms with E-state index in [4.69, 9.17) is 4.74 Å². The topological polar surface area (TPSA) is 79.5 Å². The van der Waals surface area contributed by atoms with E-state index in [1.807, 2.05) is 19.1 Å². The number of morpholine rings is 1. The first kappa shape index (κ1) is 22.5. The Hall–Kier alpha value is -2.16. The van der Waals surface area contributed by atoms with Gasteiger partial charge in [0.1, 0.15) is 26.2 Å². The van der Waals surface area contributed by atoms with Crippen LogP contribution in [0.1, 0.15) is 20.3 Å². The van der Waals surface area contributed by atoms with Gasteiger partial charge in [0.25, 0.3) is 11.8 Å². The fourth-order valence-corrected chi connectivity index (χ4v) is 4.10. The van der Waals surface area contributed by atoms with Gasteiger partial charge in [-0.15, -0.1) is 0 Å². The van der Waals surface area contributed by atoms with Crippen molar-refractivity contribution in [2.45, 2.75) is 26.3 Å². The fraction of sp³-hybridized carbons (Fsp3) is 0.636. The number of quaternary nitrogens is 2. The summed E-state index contributed by atoms with van der Waals surface area (Å²) in [5, 5.41) is 6.01. The van der Waals surface area contributed by atoms with E-state index in [0.717, 1.165) is 76.8 Å². The highest BCUT2D eigenvalue weighted by Crippen LogP contribution is 2.19. The first-order chi connectivity index (χ1) is 14.6. The van der Waals surface area contributed by atoms with Crippen molar-refractivity contribution in [3.05, 3.63) is 24.3 Å². The Kier molecular flexibility index (Phi) is 8.48. The minimum absolute atomic E-state index is 0.0493. The zero-order chi connectivity index (χ0) is 21.3. The highest BCUT2D eigenvalue weighted by Gasteiger charge is 2.31. The standard InChI is InChI=1S/C22H35N5O3/c1-3-8-23-21(28)17-25-9-11-26(12-10-25)18(2)22(29)24-19-4-6-20(7-5-19)27-13-15-30-16-14-27/h4-7,18H,3,8-17H2,1-2H3,(H,23,28)(H,24,29)/p+2/t18-/m0/s1. The SMILES string of the molecule is CCCNC(=O)C[NH+]1CC[NH+]([C@@H](C)C(=O)Nc2ccc(N3CCOCC3)cc2)CC1. The molecule has 2 aliphatic heterocycles. The molecular weight excluding hydrogens is 382 g/mol. The highest BCUT2D eigenvalue weighted by molar-refractivity contribution is 5.93. The number of anilines is 2. The quantitative estimate of drug-likeness (QED) is 0.399. The molecule has 2 aliphatic rings. The number of amides is 2. The smallest absolute Gasteiger partial charge is 0.282 e. The van der Waals surface area contributed by atoms with E-state index in [2.05, 4.69) is 34.6 Å². The van der Waals surface area contributed by atoms with Gasteiger partial charge in [0.05, 0.1) is 13.2 Å². The van der Waals surface area contributed by atoms with Crippen molar-refractivity contribution < 1.29 is 24.1 Å². The first-order valence-electron chi connectivity index (χ1n) is 11.2. The van der Waals surface area contributed by atoms with Gasteiger partial charge in [-0.05, 0) is 37.6 Å². The van der Waals surface area contributed by atoms with Gasteiger partial charge >= 0.3 is 0 Å². The lowest BCUT2D eigenvalue weighted by molar-refractivity contribution is -1.01. The summed E-state index contributed by atoms with van der Waals surface area (Å²) in [5.41, 5.74) is 2.00. The van der Waals surface area contributed by atoms with Gasteiger partial charge < -0.3 is 30.1 Å². The molecule has 4 N–H and O–H groups in total. The van der Waals surface area contributed by atoms with Crippen molar-refractivity contribution >= 4 is 23.2 Å². The average Bonchev–Trinajstić information content (AvgIpc) is 2.79. The van der Waals surface area contributed by atoms with Crippen LogP contribution in [0.4, 0.5) is 11.4 Å². The molecule has 0 radical (unpaired) electrons. The summed E-state index contributed by atoms with van der Waals surface area (Å²) in [4.78, 5) is 29.5. The van der Waals surface area contributed by atoms with Crippen molar-refractivity contribution in [2.24, 2.45) is 0 Å². The molecular formula is C22H37N5O3+2. The predicted octanol–water partition coefficient (Wildman–Crippen LogP) is -1.84. The number of carbonyl (C=O) groups is 2. The summed E-state index contributed by atoms with van der Waals surface area (Å²) in [6.07, 6.45) is 0.960. The lowest BCUT2D eigenvalue weighted by atomic mass is 10.2. The predicted molar refractivity (Wildman–Crippen MR) is 117 cm³/mol. The number of ether oxygens (including phenoxy) is 1. The van der Waals surface area contributed by atoms with Crippen LogP contribution in [0.5, 0.6) is 0 Å². The second-order valence-corrected chi connectivity index (χ2v) is 8.29. The van der Waals surface area contributed by atoms with E-state index in [0.29, 0.717) is 6.54 Å². The van der Waals surface area contributed by atoms with Crippen LogP contribution >= 0.6 is 0 Å². The van der Waals surface area contributed by atoms with E-state index >= 15 is 0 Å². The second kappa shape index (κ2) is 11.3. The Labute approximate surface area is 179 Å². The molecule has 1 aromatic rings. The van der Waals surface area contributed by atoms with Crippen LogP contribution in [-0.2, 0) is 14.3 Å². The van der Waals surface area contributed by atoms with Gasteiger partial charge in [0.15, 0.2) is 12.6 Å². The molecule has 1 aromatic carbocycles. The molecule has 0 aliphatic carbocycles. The third-order valence-electron chi connectivity index (χ3n) is 6.10. The summed E-state index contributed by atoms with van der Waals surface area (Å²) >= 11 is 0. The maximum atomic E-state index is 12.7. The normalized spacial score (nSPS) is 22.9.